The van der Waals surface area contributed by atoms with Crippen molar-refractivity contribution >= 4 is 23.1 Å². The van der Waals surface area contributed by atoms with E-state index in [0.29, 0.717) is 0 Å². The van der Waals surface area contributed by atoms with Gasteiger partial charge in [0, 0.05) is 19.5 Å². The summed E-state index contributed by atoms with van der Waals surface area (Å²) in [6.45, 7) is 0. The summed E-state index contributed by atoms with van der Waals surface area (Å²) in [6, 6.07) is 10.2. The zero-order chi connectivity index (χ0) is 8.23. The van der Waals surface area contributed by atoms with Crippen LogP contribution in [-0.4, -0.2) is 4.98 Å². The first-order chi connectivity index (χ1) is 5.95. The van der Waals surface area contributed by atoms with E-state index in [4.69, 9.17) is 0 Å². The minimum absolute atomic E-state index is 0. The number of nitrogens with zero attached hydrogens (tertiary/aromatic N) is 1. The zero-order valence-corrected chi connectivity index (χ0v) is 11.5. The van der Waals surface area contributed by atoms with Gasteiger partial charge in [0.25, 0.3) is 0 Å². The Labute approximate surface area is 98.4 Å². The van der Waals surface area contributed by atoms with Gasteiger partial charge in [0.15, 0.2) is 0 Å². The number of rotatable bonds is 2. The van der Waals surface area contributed by atoms with Crippen molar-refractivity contribution in [2.75, 3.05) is 0 Å². The van der Waals surface area contributed by atoms with Crippen LogP contribution in [0.4, 0.5) is 0 Å². The smallest absolute Gasteiger partial charge is 0 e. The summed E-state index contributed by atoms with van der Waals surface area (Å²) in [5.74, 6) is 0. The number of thiazole rings is 1. The second kappa shape index (κ2) is 5.53. The molecular weight excluding hydrogens is 252 g/mol. The maximum absolute atomic E-state index is 4.14. The fourth-order valence-corrected chi connectivity index (χ4v) is 2.33. The fourth-order valence-electron chi connectivity index (χ4n) is 0.819. The van der Waals surface area contributed by atoms with Gasteiger partial charge in [-0.1, -0.05) is 24.4 Å². The van der Waals surface area contributed by atoms with Crippen molar-refractivity contribution in [3.8, 4) is 0 Å². The molecule has 13 heavy (non-hydrogen) atoms. The van der Waals surface area contributed by atoms with E-state index in [0.717, 1.165) is 4.34 Å². The Kier molecular flexibility index (Phi) is 4.64. The van der Waals surface area contributed by atoms with Crippen molar-refractivity contribution in [1.29, 1.82) is 0 Å². The average Bonchev–Trinajstić information content (AvgIpc) is 2.59. The van der Waals surface area contributed by atoms with Crippen LogP contribution in [0.1, 0.15) is 0 Å². The van der Waals surface area contributed by atoms with Gasteiger partial charge in [-0.2, -0.15) is 17.1 Å². The third-order valence-electron chi connectivity index (χ3n) is 1.32. The molecule has 62 valence electrons. The minimum Gasteiger partial charge on any atom is -0.353 e. The molecule has 0 amide bonds. The molecule has 4 heteroatoms. The van der Waals surface area contributed by atoms with E-state index >= 15 is 0 Å². The Balaban J connectivity index is 0.000000845. The largest absolute Gasteiger partial charge is 0.353 e. The Morgan fingerprint density at radius 3 is 2.62 bits per heavy atom. The van der Waals surface area contributed by atoms with E-state index in [1.807, 2.05) is 18.2 Å². The summed E-state index contributed by atoms with van der Waals surface area (Å²) in [6.07, 6.45) is 1.70. The predicted octanol–water partition coefficient (Wildman–Crippen LogP) is 3.09. The van der Waals surface area contributed by atoms with E-state index in [2.05, 4.69) is 22.5 Å². The summed E-state index contributed by atoms with van der Waals surface area (Å²) < 4.78 is 1.04. The molecule has 0 bridgehead atoms. The monoisotopic (exact) mass is 256 g/mol. The second-order valence-electron chi connectivity index (χ2n) is 2.16. The molecule has 1 heterocycles. The van der Waals surface area contributed by atoms with Crippen molar-refractivity contribution in [1.82, 2.24) is 4.98 Å². The number of hydrogen-bond acceptors (Lipinski definition) is 3. The van der Waals surface area contributed by atoms with Gasteiger partial charge in [-0.15, -0.1) is 0 Å². The van der Waals surface area contributed by atoms with Crippen LogP contribution in [0.15, 0.2) is 45.8 Å². The molecule has 0 aliphatic carbocycles. The standard InChI is InChI=1S/C9H6NS2.Zn/c1-2-4-8(5-3-1)12-9-10-6-7-11-9;/h1-6H;/q-1;. The Morgan fingerprint density at radius 2 is 2.00 bits per heavy atom. The van der Waals surface area contributed by atoms with Crippen molar-refractivity contribution in [2.24, 2.45) is 0 Å². The van der Waals surface area contributed by atoms with Gasteiger partial charge in [-0.25, -0.2) is 0 Å². The molecule has 0 aliphatic heterocycles. The van der Waals surface area contributed by atoms with Crippen LogP contribution >= 0.6 is 23.1 Å². The van der Waals surface area contributed by atoms with Gasteiger partial charge in [0.2, 0.25) is 0 Å². The molecule has 1 aromatic carbocycles. The Hall–Kier alpha value is -0.177. The van der Waals surface area contributed by atoms with E-state index in [1.165, 1.54) is 4.90 Å². The molecule has 0 saturated heterocycles. The summed E-state index contributed by atoms with van der Waals surface area (Å²) in [5, 5.41) is 2.96. The summed E-state index contributed by atoms with van der Waals surface area (Å²) in [4.78, 5) is 5.36. The van der Waals surface area contributed by atoms with Gasteiger partial charge in [0.1, 0.15) is 0 Å². The van der Waals surface area contributed by atoms with Crippen LogP contribution in [0.25, 0.3) is 0 Å². The summed E-state index contributed by atoms with van der Waals surface area (Å²) in [7, 11) is 0. The topological polar surface area (TPSA) is 12.9 Å². The molecule has 0 saturated carbocycles. The molecule has 0 aliphatic rings. The van der Waals surface area contributed by atoms with E-state index < -0.39 is 0 Å². The maximum atomic E-state index is 4.14. The van der Waals surface area contributed by atoms with Crippen LogP contribution in [0.5, 0.6) is 0 Å². The van der Waals surface area contributed by atoms with E-state index in [-0.39, 0.29) is 19.5 Å². The number of hydrogen-bond donors (Lipinski definition) is 0. The molecule has 0 spiro atoms. The molecule has 1 nitrogen and oxygen atoms in total. The fraction of sp³-hybridized carbons (Fsp3) is 0. The molecule has 0 unspecified atom stereocenters. The van der Waals surface area contributed by atoms with Crippen LogP contribution in [0.2, 0.25) is 0 Å². The van der Waals surface area contributed by atoms with Gasteiger partial charge >= 0.3 is 0 Å². The quantitative estimate of drug-likeness (QED) is 0.606. The van der Waals surface area contributed by atoms with Gasteiger partial charge in [-0.05, 0) is 21.4 Å². The Bertz CT molecular complexity index is 334. The van der Waals surface area contributed by atoms with Crippen molar-refractivity contribution in [3.63, 3.8) is 0 Å². The molecular formula is C9H6NS2Zn-. The third kappa shape index (κ3) is 3.22. The van der Waals surface area contributed by atoms with Crippen LogP contribution in [0, 0.1) is 5.38 Å². The van der Waals surface area contributed by atoms with Crippen molar-refractivity contribution in [3.05, 3.63) is 41.9 Å². The Morgan fingerprint density at radius 1 is 1.23 bits per heavy atom. The molecule has 2 rings (SSSR count). The van der Waals surface area contributed by atoms with Gasteiger partial charge < -0.3 is 16.3 Å². The first-order valence-electron chi connectivity index (χ1n) is 3.50. The molecule has 1 aromatic heterocycles. The zero-order valence-electron chi connectivity index (χ0n) is 6.93. The first kappa shape index (κ1) is 10.9. The summed E-state index contributed by atoms with van der Waals surface area (Å²) in [5.41, 5.74) is 0. The predicted molar refractivity (Wildman–Crippen MR) is 51.5 cm³/mol. The van der Waals surface area contributed by atoms with Gasteiger partial charge in [-0.3, -0.25) is 0 Å². The average molecular weight is 258 g/mol. The van der Waals surface area contributed by atoms with Crippen LogP contribution in [-0.2, 0) is 19.5 Å². The van der Waals surface area contributed by atoms with Gasteiger partial charge in [0.05, 0.1) is 0 Å². The SMILES string of the molecule is [Zn].[c-]1cnc(Sc2ccccc2)s1. The normalized spacial score (nSPS) is 9.23. The number of aromatic nitrogens is 1. The molecule has 0 N–H and O–H groups in total. The van der Waals surface area contributed by atoms with Crippen molar-refractivity contribution in [2.45, 2.75) is 9.24 Å². The maximum Gasteiger partial charge on any atom is 0 e. The van der Waals surface area contributed by atoms with Crippen LogP contribution in [0.3, 0.4) is 0 Å². The number of benzene rings is 1. The summed E-state index contributed by atoms with van der Waals surface area (Å²) >= 11 is 3.22. The molecule has 0 radical (unpaired) electrons. The second-order valence-corrected chi connectivity index (χ2v) is 4.31. The molecule has 2 aromatic rings. The van der Waals surface area contributed by atoms with Crippen LogP contribution < -0.4 is 0 Å². The minimum atomic E-state index is 0. The van der Waals surface area contributed by atoms with Crippen molar-refractivity contribution < 1.29 is 19.5 Å². The van der Waals surface area contributed by atoms with E-state index in [1.54, 1.807) is 29.3 Å². The first-order valence-corrected chi connectivity index (χ1v) is 5.13. The third-order valence-corrected chi connectivity index (χ3v) is 3.11. The molecule has 0 fully saturated rings. The van der Waals surface area contributed by atoms with E-state index in [9.17, 15) is 0 Å². The molecule has 0 atom stereocenters.